The largest absolute Gasteiger partial charge is 0.378 e. The van der Waals surface area contributed by atoms with Gasteiger partial charge in [-0.3, -0.25) is 9.59 Å². The molecule has 0 spiro atoms. The molecule has 190 valence electrons. The highest BCUT2D eigenvalue weighted by atomic mass is 32.1. The van der Waals surface area contributed by atoms with E-state index in [-0.39, 0.29) is 17.9 Å². The number of thiazole rings is 1. The molecule has 3 aliphatic rings. The number of aryl methyl sites for hydroxylation is 1. The van der Waals surface area contributed by atoms with Crippen LogP contribution in [0.5, 0.6) is 0 Å². The first-order valence-electron chi connectivity index (χ1n) is 12.4. The van der Waals surface area contributed by atoms with Crippen LogP contribution >= 0.6 is 11.3 Å². The third kappa shape index (κ3) is 3.97. The van der Waals surface area contributed by atoms with E-state index in [1.165, 1.54) is 16.9 Å². The summed E-state index contributed by atoms with van der Waals surface area (Å²) in [7, 11) is 2.04. The number of aromatic nitrogens is 2. The van der Waals surface area contributed by atoms with Crippen molar-refractivity contribution >= 4 is 39.2 Å². The van der Waals surface area contributed by atoms with Gasteiger partial charge in [0.05, 0.1) is 43.7 Å². The molecule has 3 aliphatic heterocycles. The summed E-state index contributed by atoms with van der Waals surface area (Å²) in [6.45, 7) is 8.34. The van der Waals surface area contributed by atoms with Crippen molar-refractivity contribution in [1.82, 2.24) is 19.8 Å². The Morgan fingerprint density at radius 3 is 2.75 bits per heavy atom. The number of nitrogens with one attached hydrogen (secondary N) is 1. The van der Waals surface area contributed by atoms with E-state index >= 15 is 0 Å². The summed E-state index contributed by atoms with van der Waals surface area (Å²) in [6.07, 6.45) is 2.91. The van der Waals surface area contributed by atoms with Crippen molar-refractivity contribution in [1.29, 1.82) is 0 Å². The molecule has 1 atom stereocenters. The molecule has 0 radical (unpaired) electrons. The number of carbonyl (C=O) groups is 2. The number of hydrogen-bond acceptors (Lipinski definition) is 7. The summed E-state index contributed by atoms with van der Waals surface area (Å²) in [6, 6.07) is 6.07. The van der Waals surface area contributed by atoms with Gasteiger partial charge in [-0.2, -0.15) is 0 Å². The molecule has 0 bridgehead atoms. The Morgan fingerprint density at radius 1 is 1.19 bits per heavy atom. The number of rotatable bonds is 4. The van der Waals surface area contributed by atoms with Crippen molar-refractivity contribution in [2.24, 2.45) is 7.05 Å². The van der Waals surface area contributed by atoms with Crippen molar-refractivity contribution in [3.05, 3.63) is 46.1 Å². The van der Waals surface area contributed by atoms with Crippen LogP contribution in [0, 0.1) is 0 Å². The lowest BCUT2D eigenvalue weighted by Gasteiger charge is -2.35. The zero-order chi connectivity index (χ0) is 25.0. The van der Waals surface area contributed by atoms with Crippen LogP contribution in [0.1, 0.15) is 45.1 Å². The molecule has 1 N–H and O–H groups in total. The predicted molar refractivity (Wildman–Crippen MR) is 138 cm³/mol. The zero-order valence-corrected chi connectivity index (χ0v) is 21.7. The molecular weight excluding hydrogens is 478 g/mol. The summed E-state index contributed by atoms with van der Waals surface area (Å²) in [5, 5.41) is 4.97. The first-order valence-corrected chi connectivity index (χ1v) is 13.3. The maximum Gasteiger partial charge on any atom is 0.264 e. The second kappa shape index (κ2) is 8.86. The Kier molecular flexibility index (Phi) is 5.77. The fourth-order valence-corrected chi connectivity index (χ4v) is 6.68. The van der Waals surface area contributed by atoms with E-state index in [9.17, 15) is 9.59 Å². The predicted octanol–water partition coefficient (Wildman–Crippen LogP) is 2.53. The van der Waals surface area contributed by atoms with Crippen molar-refractivity contribution in [2.45, 2.75) is 31.8 Å². The molecule has 0 unspecified atom stereocenters. The molecule has 5 heterocycles. The minimum atomic E-state index is -0.456. The summed E-state index contributed by atoms with van der Waals surface area (Å²) < 4.78 is 13.4. The summed E-state index contributed by atoms with van der Waals surface area (Å²) >= 11 is 1.47. The van der Waals surface area contributed by atoms with E-state index in [1.807, 2.05) is 44.0 Å². The molecular formula is C26H31N5O4S. The van der Waals surface area contributed by atoms with Crippen LogP contribution in [-0.2, 0) is 28.5 Å². The number of fused-ring (bicyclic) bond motifs is 2. The Morgan fingerprint density at radius 2 is 1.97 bits per heavy atom. The Bertz CT molecular complexity index is 1340. The third-order valence-corrected chi connectivity index (χ3v) is 8.48. The number of anilines is 1. The smallest absolute Gasteiger partial charge is 0.264 e. The van der Waals surface area contributed by atoms with Gasteiger partial charge >= 0.3 is 0 Å². The monoisotopic (exact) mass is 509 g/mol. The summed E-state index contributed by atoms with van der Waals surface area (Å²) in [4.78, 5) is 35.4. The van der Waals surface area contributed by atoms with Gasteiger partial charge in [0.1, 0.15) is 4.88 Å². The molecule has 2 saturated heterocycles. The third-order valence-electron chi connectivity index (χ3n) is 7.39. The van der Waals surface area contributed by atoms with Crippen molar-refractivity contribution in [2.75, 3.05) is 51.0 Å². The van der Waals surface area contributed by atoms with Gasteiger partial charge in [0.2, 0.25) is 0 Å². The van der Waals surface area contributed by atoms with Crippen LogP contribution in [0.3, 0.4) is 0 Å². The first kappa shape index (κ1) is 23.4. The second-order valence-electron chi connectivity index (χ2n) is 10.3. The van der Waals surface area contributed by atoms with Gasteiger partial charge in [0.15, 0.2) is 5.13 Å². The van der Waals surface area contributed by atoms with Crippen LogP contribution in [-0.4, -0.2) is 78.4 Å². The van der Waals surface area contributed by atoms with Gasteiger partial charge in [-0.15, -0.1) is 0 Å². The number of morpholine rings is 2. The molecule has 6 rings (SSSR count). The van der Waals surface area contributed by atoms with Gasteiger partial charge in [0.25, 0.3) is 11.8 Å². The van der Waals surface area contributed by atoms with Gasteiger partial charge in [0, 0.05) is 49.3 Å². The fourth-order valence-electron chi connectivity index (χ4n) is 5.46. The van der Waals surface area contributed by atoms with E-state index in [0.717, 1.165) is 34.7 Å². The van der Waals surface area contributed by atoms with Gasteiger partial charge in [-0.1, -0.05) is 11.3 Å². The summed E-state index contributed by atoms with van der Waals surface area (Å²) in [5.74, 6) is 0.00546. The second-order valence-corrected chi connectivity index (χ2v) is 11.3. The zero-order valence-electron chi connectivity index (χ0n) is 20.9. The van der Waals surface area contributed by atoms with Crippen LogP contribution in [0.25, 0.3) is 10.9 Å². The number of nitrogens with zero attached hydrogens (tertiary/aromatic N) is 4. The molecule has 1 aromatic carbocycles. The highest BCUT2D eigenvalue weighted by Gasteiger charge is 2.40. The van der Waals surface area contributed by atoms with Crippen LogP contribution in [0.2, 0.25) is 0 Å². The standard InChI is InChI=1S/C26H31N5O4S/c1-26(2)22-21(23(32)28-26)36-25(27-22)31-8-11-35-15-18(31)12-17-14-29(3)20-5-4-16(13-19(17)20)24(33)30-6-9-34-10-7-30/h4-5,13-14,18H,6-12,15H2,1-3H3,(H,28,32)/t18-/m0/s1. The van der Waals surface area contributed by atoms with Gasteiger partial charge in [-0.05, 0) is 44.0 Å². The number of hydrogen-bond donors (Lipinski definition) is 1. The van der Waals surface area contributed by atoms with E-state index in [4.69, 9.17) is 14.5 Å². The Balaban J connectivity index is 1.30. The number of benzene rings is 1. The van der Waals surface area contributed by atoms with E-state index in [0.29, 0.717) is 50.0 Å². The topological polar surface area (TPSA) is 88.9 Å². The molecule has 0 saturated carbocycles. The van der Waals surface area contributed by atoms with E-state index < -0.39 is 5.54 Å². The fraction of sp³-hybridized carbons (Fsp3) is 0.500. The maximum absolute atomic E-state index is 13.1. The Hall–Kier alpha value is -2.95. The average Bonchev–Trinajstić information content (AvgIpc) is 3.52. The molecule has 36 heavy (non-hydrogen) atoms. The van der Waals surface area contributed by atoms with Gasteiger partial charge in [-0.25, -0.2) is 4.98 Å². The van der Waals surface area contributed by atoms with Crippen molar-refractivity contribution in [3.8, 4) is 0 Å². The number of amides is 2. The minimum absolute atomic E-state index is 0.0462. The van der Waals surface area contributed by atoms with Gasteiger partial charge < -0.3 is 29.2 Å². The molecule has 2 fully saturated rings. The number of carbonyl (C=O) groups excluding carboxylic acids is 2. The minimum Gasteiger partial charge on any atom is -0.378 e. The van der Waals surface area contributed by atoms with E-state index in [2.05, 4.69) is 21.0 Å². The van der Waals surface area contributed by atoms with Crippen LogP contribution < -0.4 is 10.2 Å². The highest BCUT2D eigenvalue weighted by Crippen LogP contribution is 2.38. The molecule has 0 aliphatic carbocycles. The lowest BCUT2D eigenvalue weighted by Crippen LogP contribution is -2.47. The molecule has 9 nitrogen and oxygen atoms in total. The molecule has 3 aromatic rings. The lowest BCUT2D eigenvalue weighted by molar-refractivity contribution is 0.0303. The SMILES string of the molecule is Cn1cc(C[C@H]2COCCN2c2nc3c(s2)C(=O)NC3(C)C)c2cc(C(=O)N3CCOCC3)ccc21. The molecule has 10 heteroatoms. The quantitative estimate of drug-likeness (QED) is 0.582. The van der Waals surface area contributed by atoms with Crippen LogP contribution in [0.15, 0.2) is 24.4 Å². The van der Waals surface area contributed by atoms with E-state index in [1.54, 1.807) is 0 Å². The highest BCUT2D eigenvalue weighted by molar-refractivity contribution is 7.17. The Labute approximate surface area is 214 Å². The summed E-state index contributed by atoms with van der Waals surface area (Å²) in [5.41, 5.74) is 3.35. The van der Waals surface area contributed by atoms with Crippen molar-refractivity contribution in [3.63, 3.8) is 0 Å². The van der Waals surface area contributed by atoms with Crippen LogP contribution in [0.4, 0.5) is 5.13 Å². The average molecular weight is 510 g/mol. The normalized spacial score (nSPS) is 21.6. The van der Waals surface area contributed by atoms with Crippen molar-refractivity contribution < 1.29 is 19.1 Å². The molecule has 2 amide bonds. The maximum atomic E-state index is 13.1. The first-order chi connectivity index (χ1) is 17.3. The number of ether oxygens (including phenoxy) is 2. The lowest BCUT2D eigenvalue weighted by atomic mass is 10.0. The molecule has 2 aromatic heterocycles.